The molecule has 0 radical (unpaired) electrons. The van der Waals surface area contributed by atoms with Crippen molar-refractivity contribution >= 4 is 11.9 Å². The number of ketones is 1. The molecule has 3 rings (SSSR count). The van der Waals surface area contributed by atoms with E-state index < -0.39 is 0 Å². The number of benzene rings is 2. The molecule has 0 saturated carbocycles. The summed E-state index contributed by atoms with van der Waals surface area (Å²) in [7, 11) is 0. The summed E-state index contributed by atoms with van der Waals surface area (Å²) in [5, 5.41) is 10.4. The van der Waals surface area contributed by atoms with E-state index in [1.807, 2.05) is 13.8 Å². The summed E-state index contributed by atoms with van der Waals surface area (Å²) in [6.07, 6.45) is 1.53. The lowest BCUT2D eigenvalue weighted by molar-refractivity contribution is 0.101. The SMILES string of the molecule is CCN(CC)Cc1c(O)cc(C)c2c1O/C(=C\c1cccc(F)c1)C2=O. The van der Waals surface area contributed by atoms with Gasteiger partial charge in [-0.1, -0.05) is 26.0 Å². The third-order valence-electron chi connectivity index (χ3n) is 4.64. The van der Waals surface area contributed by atoms with Crippen LogP contribution in [0.4, 0.5) is 4.39 Å². The van der Waals surface area contributed by atoms with E-state index in [2.05, 4.69) is 4.90 Å². The van der Waals surface area contributed by atoms with Crippen LogP contribution >= 0.6 is 0 Å². The number of hydrogen-bond acceptors (Lipinski definition) is 4. The monoisotopic (exact) mass is 355 g/mol. The van der Waals surface area contributed by atoms with Crippen molar-refractivity contribution < 1.29 is 19.0 Å². The molecule has 2 aromatic rings. The van der Waals surface area contributed by atoms with Gasteiger partial charge in [-0.25, -0.2) is 4.39 Å². The average Bonchev–Trinajstić information content (AvgIpc) is 2.92. The molecule has 1 aliphatic rings. The second kappa shape index (κ2) is 7.30. The van der Waals surface area contributed by atoms with E-state index in [9.17, 15) is 14.3 Å². The third-order valence-corrected chi connectivity index (χ3v) is 4.64. The topological polar surface area (TPSA) is 49.8 Å². The maximum Gasteiger partial charge on any atom is 0.232 e. The van der Waals surface area contributed by atoms with Crippen LogP contribution in [0, 0.1) is 12.7 Å². The molecule has 0 aliphatic carbocycles. The molecular weight excluding hydrogens is 333 g/mol. The zero-order chi connectivity index (χ0) is 18.8. The summed E-state index contributed by atoms with van der Waals surface area (Å²) >= 11 is 0. The summed E-state index contributed by atoms with van der Waals surface area (Å²) < 4.78 is 19.3. The molecule has 136 valence electrons. The minimum absolute atomic E-state index is 0.118. The number of fused-ring (bicyclic) bond motifs is 1. The zero-order valence-electron chi connectivity index (χ0n) is 15.2. The second-order valence-electron chi connectivity index (χ2n) is 6.35. The highest BCUT2D eigenvalue weighted by Gasteiger charge is 2.33. The van der Waals surface area contributed by atoms with Crippen LogP contribution in [0.3, 0.4) is 0 Å². The summed E-state index contributed by atoms with van der Waals surface area (Å²) in [5.41, 5.74) is 2.28. The lowest BCUT2D eigenvalue weighted by Gasteiger charge is -2.20. The zero-order valence-corrected chi connectivity index (χ0v) is 15.2. The second-order valence-corrected chi connectivity index (χ2v) is 6.35. The molecule has 0 bridgehead atoms. The largest absolute Gasteiger partial charge is 0.507 e. The fourth-order valence-electron chi connectivity index (χ4n) is 3.15. The van der Waals surface area contributed by atoms with E-state index in [1.54, 1.807) is 25.1 Å². The van der Waals surface area contributed by atoms with Crippen LogP contribution in [-0.2, 0) is 6.54 Å². The molecule has 2 aromatic carbocycles. The van der Waals surface area contributed by atoms with E-state index >= 15 is 0 Å². The summed E-state index contributed by atoms with van der Waals surface area (Å²) in [6.45, 7) is 7.97. The normalized spacial score (nSPS) is 14.8. The number of rotatable bonds is 5. The number of hydrogen-bond donors (Lipinski definition) is 1. The van der Waals surface area contributed by atoms with Gasteiger partial charge in [-0.2, -0.15) is 0 Å². The van der Waals surface area contributed by atoms with Crippen LogP contribution in [0.1, 0.15) is 40.9 Å². The molecule has 1 N–H and O–H groups in total. The number of halogens is 1. The maximum absolute atomic E-state index is 13.4. The van der Waals surface area contributed by atoms with E-state index in [1.165, 1.54) is 18.2 Å². The third kappa shape index (κ3) is 3.35. The van der Waals surface area contributed by atoms with Gasteiger partial charge in [0.05, 0.1) is 11.1 Å². The minimum atomic E-state index is -0.377. The predicted molar refractivity (Wildman–Crippen MR) is 98.8 cm³/mol. The number of ether oxygens (including phenoxy) is 1. The van der Waals surface area contributed by atoms with Gasteiger partial charge in [0.2, 0.25) is 5.78 Å². The van der Waals surface area contributed by atoms with E-state index in [4.69, 9.17) is 4.74 Å². The fourth-order valence-corrected chi connectivity index (χ4v) is 3.15. The van der Waals surface area contributed by atoms with Gasteiger partial charge in [-0.3, -0.25) is 9.69 Å². The lowest BCUT2D eigenvalue weighted by atomic mass is 9.99. The van der Waals surface area contributed by atoms with Crippen LogP contribution in [0.2, 0.25) is 0 Å². The Balaban J connectivity index is 2.04. The Labute approximate surface area is 152 Å². The minimum Gasteiger partial charge on any atom is -0.507 e. The first-order chi connectivity index (χ1) is 12.4. The van der Waals surface area contributed by atoms with E-state index in [0.29, 0.717) is 34.5 Å². The Morgan fingerprint density at radius 1 is 1.23 bits per heavy atom. The number of carbonyl (C=O) groups is 1. The molecule has 5 heteroatoms. The van der Waals surface area contributed by atoms with Gasteiger partial charge < -0.3 is 9.84 Å². The van der Waals surface area contributed by atoms with Crippen molar-refractivity contribution in [1.82, 2.24) is 4.90 Å². The quantitative estimate of drug-likeness (QED) is 0.813. The number of aryl methyl sites for hydroxylation is 1. The molecule has 0 amide bonds. The van der Waals surface area contributed by atoms with E-state index in [-0.39, 0.29) is 23.1 Å². The highest BCUT2D eigenvalue weighted by Crippen LogP contribution is 2.42. The van der Waals surface area contributed by atoms with Crippen LogP contribution in [0.25, 0.3) is 6.08 Å². The summed E-state index contributed by atoms with van der Waals surface area (Å²) in [6, 6.07) is 7.57. The Hall–Kier alpha value is -2.66. The molecule has 0 aromatic heterocycles. The number of aromatic hydroxyl groups is 1. The van der Waals surface area contributed by atoms with Crippen LogP contribution < -0.4 is 4.74 Å². The van der Waals surface area contributed by atoms with Gasteiger partial charge in [0.1, 0.15) is 17.3 Å². The van der Waals surface area contributed by atoms with Crippen molar-refractivity contribution in [1.29, 1.82) is 0 Å². The molecule has 1 aliphatic heterocycles. The van der Waals surface area contributed by atoms with Crippen molar-refractivity contribution in [2.45, 2.75) is 27.3 Å². The Kier molecular flexibility index (Phi) is 5.09. The average molecular weight is 355 g/mol. The Bertz CT molecular complexity index is 885. The van der Waals surface area contributed by atoms with Gasteiger partial charge >= 0.3 is 0 Å². The number of phenolic OH excluding ortho intramolecular Hbond substituents is 1. The number of carbonyl (C=O) groups excluding carboxylic acids is 1. The van der Waals surface area contributed by atoms with Gasteiger partial charge in [-0.15, -0.1) is 0 Å². The molecule has 0 unspecified atom stereocenters. The molecule has 26 heavy (non-hydrogen) atoms. The molecular formula is C21H22FNO3. The molecule has 0 saturated heterocycles. The molecule has 0 fully saturated rings. The van der Waals surface area contributed by atoms with Crippen molar-refractivity contribution in [3.05, 3.63) is 64.2 Å². The standard InChI is InChI=1S/C21H22FNO3/c1-4-23(5-2)12-16-17(24)9-13(3)19-20(25)18(26-21(16)19)11-14-7-6-8-15(22)10-14/h6-11,24H,4-5,12H2,1-3H3/b18-11-. The Morgan fingerprint density at radius 3 is 2.62 bits per heavy atom. The number of Topliss-reactive ketones (excluding diaryl/α,β-unsaturated/α-hetero) is 1. The number of phenols is 1. The molecule has 1 heterocycles. The van der Waals surface area contributed by atoms with Crippen molar-refractivity contribution in [2.24, 2.45) is 0 Å². The summed E-state index contributed by atoms with van der Waals surface area (Å²) in [5.74, 6) is 0.0380. The highest BCUT2D eigenvalue weighted by atomic mass is 19.1. The van der Waals surface area contributed by atoms with Crippen LogP contribution in [-0.4, -0.2) is 28.9 Å². The van der Waals surface area contributed by atoms with Crippen LogP contribution in [0.5, 0.6) is 11.5 Å². The van der Waals surface area contributed by atoms with Gasteiger partial charge in [0.15, 0.2) is 5.76 Å². The number of allylic oxidation sites excluding steroid dienone is 1. The first kappa shape index (κ1) is 18.1. The van der Waals surface area contributed by atoms with Crippen molar-refractivity contribution in [3.8, 4) is 11.5 Å². The first-order valence-corrected chi connectivity index (χ1v) is 8.72. The smallest absolute Gasteiger partial charge is 0.232 e. The summed E-state index contributed by atoms with van der Waals surface area (Å²) in [4.78, 5) is 14.9. The van der Waals surface area contributed by atoms with Crippen molar-refractivity contribution in [2.75, 3.05) is 13.1 Å². The number of nitrogens with zero attached hydrogens (tertiary/aromatic N) is 1. The highest BCUT2D eigenvalue weighted by molar-refractivity contribution is 6.15. The first-order valence-electron chi connectivity index (χ1n) is 8.72. The van der Waals surface area contributed by atoms with Gasteiger partial charge in [0.25, 0.3) is 0 Å². The molecule has 0 spiro atoms. The van der Waals surface area contributed by atoms with Crippen LogP contribution in [0.15, 0.2) is 36.1 Å². The Morgan fingerprint density at radius 2 is 1.96 bits per heavy atom. The lowest BCUT2D eigenvalue weighted by Crippen LogP contribution is -2.22. The fraction of sp³-hybridized carbons (Fsp3) is 0.286. The molecule has 4 nitrogen and oxygen atoms in total. The van der Waals surface area contributed by atoms with Gasteiger partial charge in [-0.05, 0) is 55.4 Å². The maximum atomic E-state index is 13.4. The molecule has 0 atom stereocenters. The predicted octanol–water partition coefficient (Wildman–Crippen LogP) is 4.30. The van der Waals surface area contributed by atoms with Crippen molar-refractivity contribution in [3.63, 3.8) is 0 Å². The van der Waals surface area contributed by atoms with E-state index in [0.717, 1.165) is 13.1 Å². The van der Waals surface area contributed by atoms with Gasteiger partial charge in [0, 0.05) is 6.54 Å².